The minimum atomic E-state index is -0.0148. The lowest BCUT2D eigenvalue weighted by Gasteiger charge is -2.45. The van der Waals surface area contributed by atoms with Crippen molar-refractivity contribution in [2.75, 3.05) is 0 Å². The first-order valence-electron chi connectivity index (χ1n) is 9.39. The number of hydrogen-bond donors (Lipinski definition) is 0. The molecule has 2 bridgehead atoms. The molecule has 2 nitrogen and oxygen atoms in total. The van der Waals surface area contributed by atoms with Crippen LogP contribution in [0.25, 0.3) is 0 Å². The molecule has 0 amide bonds. The number of ketones is 1. The molecular formula is C23H22O2. The topological polar surface area (TPSA) is 26.3 Å². The summed E-state index contributed by atoms with van der Waals surface area (Å²) in [6.45, 7) is 0. The maximum absolute atomic E-state index is 13.5. The fourth-order valence-corrected chi connectivity index (χ4v) is 5.02. The van der Waals surface area contributed by atoms with E-state index in [-0.39, 0.29) is 23.7 Å². The molecule has 5 rings (SSSR count). The molecule has 0 N–H and O–H groups in total. The Morgan fingerprint density at radius 3 is 2.44 bits per heavy atom. The average Bonchev–Trinajstić information content (AvgIpc) is 2.69. The predicted octanol–water partition coefficient (Wildman–Crippen LogP) is 5.30. The second-order valence-corrected chi connectivity index (χ2v) is 7.45. The van der Waals surface area contributed by atoms with Gasteiger partial charge in [0.2, 0.25) is 0 Å². The number of Topliss-reactive ketones (excluding diaryl/α,β-unsaturated/α-hetero) is 1. The lowest BCUT2D eigenvalue weighted by molar-refractivity contribution is 0.0853. The SMILES string of the molecule is O=C(c1ccccc1)C1C2=C(CCCC2)C2CC1c1ccccc1O2. The van der Waals surface area contributed by atoms with Crippen LogP contribution in [0.15, 0.2) is 65.7 Å². The van der Waals surface area contributed by atoms with Crippen molar-refractivity contribution in [3.8, 4) is 5.75 Å². The van der Waals surface area contributed by atoms with Crippen molar-refractivity contribution in [2.24, 2.45) is 5.92 Å². The van der Waals surface area contributed by atoms with Crippen LogP contribution < -0.4 is 4.74 Å². The van der Waals surface area contributed by atoms with Gasteiger partial charge in [-0.3, -0.25) is 4.79 Å². The van der Waals surface area contributed by atoms with Crippen LogP contribution in [-0.4, -0.2) is 11.9 Å². The van der Waals surface area contributed by atoms with Gasteiger partial charge in [0.15, 0.2) is 5.78 Å². The van der Waals surface area contributed by atoms with E-state index in [4.69, 9.17) is 4.74 Å². The van der Waals surface area contributed by atoms with Crippen molar-refractivity contribution in [3.05, 3.63) is 76.9 Å². The molecule has 0 fully saturated rings. The third kappa shape index (κ3) is 2.35. The van der Waals surface area contributed by atoms with E-state index in [1.165, 1.54) is 29.6 Å². The van der Waals surface area contributed by atoms with Crippen molar-refractivity contribution >= 4 is 5.78 Å². The summed E-state index contributed by atoms with van der Waals surface area (Å²) in [7, 11) is 0. The number of allylic oxidation sites excluding steroid dienone is 1. The first-order valence-corrected chi connectivity index (χ1v) is 9.39. The highest BCUT2D eigenvalue weighted by molar-refractivity contribution is 6.00. The second kappa shape index (κ2) is 5.87. The highest BCUT2D eigenvalue weighted by Crippen LogP contribution is 2.53. The minimum Gasteiger partial charge on any atom is -0.486 e. The molecule has 3 unspecified atom stereocenters. The number of para-hydroxylation sites is 1. The number of ether oxygens (including phenoxy) is 1. The number of fused-ring (bicyclic) bond motifs is 5. The van der Waals surface area contributed by atoms with Crippen LogP contribution in [0.1, 0.15) is 53.9 Å². The number of rotatable bonds is 2. The summed E-state index contributed by atoms with van der Waals surface area (Å²) in [5, 5.41) is 0. The number of benzene rings is 2. The molecule has 25 heavy (non-hydrogen) atoms. The molecule has 2 aromatic carbocycles. The number of carbonyl (C=O) groups is 1. The van der Waals surface area contributed by atoms with Gasteiger partial charge in [0, 0.05) is 11.5 Å². The molecule has 0 spiro atoms. The van der Waals surface area contributed by atoms with Gasteiger partial charge in [-0.2, -0.15) is 0 Å². The van der Waals surface area contributed by atoms with Crippen LogP contribution in [0.2, 0.25) is 0 Å². The largest absolute Gasteiger partial charge is 0.486 e. The summed E-state index contributed by atoms with van der Waals surface area (Å²) >= 11 is 0. The molecule has 2 aliphatic carbocycles. The Morgan fingerprint density at radius 1 is 0.880 bits per heavy atom. The molecule has 1 aliphatic heterocycles. The van der Waals surface area contributed by atoms with Crippen LogP contribution in [0.5, 0.6) is 5.75 Å². The smallest absolute Gasteiger partial charge is 0.170 e. The maximum Gasteiger partial charge on any atom is 0.170 e. The molecule has 0 aromatic heterocycles. The van der Waals surface area contributed by atoms with Gasteiger partial charge in [-0.15, -0.1) is 0 Å². The highest BCUT2D eigenvalue weighted by atomic mass is 16.5. The molecule has 1 heterocycles. The van der Waals surface area contributed by atoms with E-state index in [1.54, 1.807) is 0 Å². The Morgan fingerprint density at radius 2 is 1.60 bits per heavy atom. The Labute approximate surface area is 148 Å². The molecule has 2 aromatic rings. The minimum absolute atomic E-state index is 0.0148. The van der Waals surface area contributed by atoms with Crippen LogP contribution in [0.3, 0.4) is 0 Å². The van der Waals surface area contributed by atoms with E-state index in [0.29, 0.717) is 0 Å². The highest BCUT2D eigenvalue weighted by Gasteiger charge is 2.46. The summed E-state index contributed by atoms with van der Waals surface area (Å²) < 4.78 is 6.34. The van der Waals surface area contributed by atoms with E-state index >= 15 is 0 Å². The molecule has 3 aliphatic rings. The number of carbonyl (C=O) groups excluding carboxylic acids is 1. The maximum atomic E-state index is 13.5. The third-order valence-electron chi connectivity index (χ3n) is 6.12. The Kier molecular flexibility index (Phi) is 3.51. The van der Waals surface area contributed by atoms with E-state index in [2.05, 4.69) is 18.2 Å². The van der Waals surface area contributed by atoms with Gasteiger partial charge < -0.3 is 4.74 Å². The van der Waals surface area contributed by atoms with Crippen molar-refractivity contribution in [3.63, 3.8) is 0 Å². The van der Waals surface area contributed by atoms with Crippen LogP contribution in [-0.2, 0) is 0 Å². The van der Waals surface area contributed by atoms with Crippen LogP contribution in [0.4, 0.5) is 0 Å². The van der Waals surface area contributed by atoms with E-state index in [9.17, 15) is 4.79 Å². The lowest BCUT2D eigenvalue weighted by Crippen LogP contribution is -2.41. The van der Waals surface area contributed by atoms with Gasteiger partial charge >= 0.3 is 0 Å². The zero-order valence-electron chi connectivity index (χ0n) is 14.3. The van der Waals surface area contributed by atoms with Gasteiger partial charge in [-0.25, -0.2) is 0 Å². The van der Waals surface area contributed by atoms with Gasteiger partial charge in [-0.05, 0) is 49.3 Å². The van der Waals surface area contributed by atoms with Crippen LogP contribution in [0, 0.1) is 5.92 Å². The molecule has 2 heteroatoms. The molecule has 0 saturated carbocycles. The van der Waals surface area contributed by atoms with E-state index in [1.807, 2.05) is 36.4 Å². The predicted molar refractivity (Wildman–Crippen MR) is 98.0 cm³/mol. The zero-order valence-corrected chi connectivity index (χ0v) is 14.3. The van der Waals surface area contributed by atoms with Gasteiger partial charge in [-0.1, -0.05) is 54.1 Å². The first-order chi connectivity index (χ1) is 12.3. The monoisotopic (exact) mass is 330 g/mol. The zero-order chi connectivity index (χ0) is 16.8. The summed E-state index contributed by atoms with van der Waals surface area (Å²) in [6.07, 6.45) is 5.68. The Bertz CT molecular complexity index is 849. The van der Waals surface area contributed by atoms with Crippen LogP contribution >= 0.6 is 0 Å². The average molecular weight is 330 g/mol. The number of hydrogen-bond acceptors (Lipinski definition) is 2. The lowest BCUT2D eigenvalue weighted by atomic mass is 9.64. The fourth-order valence-electron chi connectivity index (χ4n) is 5.02. The Hall–Kier alpha value is -2.35. The molecule has 0 radical (unpaired) electrons. The molecule has 0 saturated heterocycles. The fraction of sp³-hybridized carbons (Fsp3) is 0.348. The van der Waals surface area contributed by atoms with Gasteiger partial charge in [0.1, 0.15) is 11.9 Å². The van der Waals surface area contributed by atoms with Crippen molar-refractivity contribution in [1.82, 2.24) is 0 Å². The standard InChI is InChI=1S/C23H22O2/c24-23(15-8-2-1-3-9-15)22-18-12-5-4-10-16(18)21-14-19(22)17-11-6-7-13-20(17)25-21/h1-3,6-9,11,13,19,21-22H,4-5,10,12,14H2. The summed E-state index contributed by atoms with van der Waals surface area (Å²) in [6, 6.07) is 18.1. The third-order valence-corrected chi connectivity index (χ3v) is 6.12. The van der Waals surface area contributed by atoms with Crippen molar-refractivity contribution in [1.29, 1.82) is 0 Å². The first kappa shape index (κ1) is 14.9. The van der Waals surface area contributed by atoms with Crippen molar-refractivity contribution < 1.29 is 9.53 Å². The summed E-state index contributed by atoms with van der Waals surface area (Å²) in [4.78, 5) is 13.5. The van der Waals surface area contributed by atoms with E-state index < -0.39 is 0 Å². The second-order valence-electron chi connectivity index (χ2n) is 7.45. The summed E-state index contributed by atoms with van der Waals surface area (Å²) in [5.41, 5.74) is 4.86. The molecule has 3 atom stereocenters. The Balaban J connectivity index is 1.66. The van der Waals surface area contributed by atoms with Gasteiger partial charge in [0.25, 0.3) is 0 Å². The summed E-state index contributed by atoms with van der Waals surface area (Å²) in [5.74, 6) is 1.50. The molecular weight excluding hydrogens is 308 g/mol. The van der Waals surface area contributed by atoms with Gasteiger partial charge in [0.05, 0.1) is 5.92 Å². The van der Waals surface area contributed by atoms with Crippen molar-refractivity contribution in [2.45, 2.75) is 44.1 Å². The van der Waals surface area contributed by atoms with E-state index in [0.717, 1.165) is 30.6 Å². The molecule has 126 valence electrons. The quantitative estimate of drug-likeness (QED) is 0.551. The normalized spacial score (nSPS) is 27.1.